The van der Waals surface area contributed by atoms with E-state index in [1.165, 1.54) is 11.8 Å². The fraction of sp³-hybridized carbons (Fsp3) is 0.385. The van der Waals surface area contributed by atoms with E-state index in [0.717, 1.165) is 12.8 Å². The first-order chi connectivity index (χ1) is 16.9. The Morgan fingerprint density at radius 1 is 1.14 bits per heavy atom. The summed E-state index contributed by atoms with van der Waals surface area (Å²) in [4.78, 5) is 45.3. The average Bonchev–Trinajstić information content (AvgIpc) is 2.87. The highest BCUT2D eigenvalue weighted by atomic mass is 35.5. The third-order valence-corrected chi connectivity index (χ3v) is 7.84. The molecule has 0 spiro atoms. The van der Waals surface area contributed by atoms with Crippen molar-refractivity contribution in [3.8, 4) is 5.69 Å². The van der Waals surface area contributed by atoms with Gasteiger partial charge in [-0.15, -0.1) is 0 Å². The van der Waals surface area contributed by atoms with Crippen molar-refractivity contribution >= 4 is 46.1 Å². The molecule has 0 saturated carbocycles. The zero-order chi connectivity index (χ0) is 24.9. The molecule has 2 aromatic carbocycles. The molecule has 1 saturated heterocycles. The molecule has 9 heteroatoms. The van der Waals surface area contributed by atoms with E-state index < -0.39 is 5.25 Å². The summed E-state index contributed by atoms with van der Waals surface area (Å²) in [5, 5.41) is 1.15. The second-order valence-electron chi connectivity index (χ2n) is 8.78. The van der Waals surface area contributed by atoms with Crippen LogP contribution in [-0.4, -0.2) is 44.6 Å². The average molecular weight is 513 g/mol. The van der Waals surface area contributed by atoms with Crippen LogP contribution in [-0.2, 0) is 9.59 Å². The highest BCUT2D eigenvalue weighted by Crippen LogP contribution is 2.31. The van der Waals surface area contributed by atoms with E-state index >= 15 is 0 Å². The summed E-state index contributed by atoms with van der Waals surface area (Å²) in [5.41, 5.74) is 6.51. The minimum Gasteiger partial charge on any atom is -0.369 e. The van der Waals surface area contributed by atoms with E-state index in [4.69, 9.17) is 22.3 Å². The number of fused-ring (bicyclic) bond motifs is 1. The van der Waals surface area contributed by atoms with Crippen LogP contribution in [0.15, 0.2) is 58.5 Å². The standard InChI is InChI=1S/C26H29ClN4O3S/c1-2-3-8-22(25(34)30-15-13-17(14-16-30)23(28)32)35-26-29-21-7-5-4-6-20(21)24(33)31(26)19-11-9-18(27)10-12-19/h4-7,9-12,17,22H,2-3,8,13-16H2,1H3,(H2,28,32). The third-order valence-electron chi connectivity index (χ3n) is 6.38. The number of aromatic nitrogens is 2. The van der Waals surface area contributed by atoms with Gasteiger partial charge in [-0.2, -0.15) is 0 Å². The Labute approximate surface area is 213 Å². The largest absolute Gasteiger partial charge is 0.369 e. The Bertz CT molecular complexity index is 1270. The summed E-state index contributed by atoms with van der Waals surface area (Å²) in [6.45, 7) is 3.10. The summed E-state index contributed by atoms with van der Waals surface area (Å²) in [6, 6.07) is 14.2. The third kappa shape index (κ3) is 5.70. The molecule has 0 aliphatic carbocycles. The van der Waals surface area contributed by atoms with E-state index in [9.17, 15) is 14.4 Å². The van der Waals surface area contributed by atoms with Gasteiger partial charge in [0.05, 0.1) is 21.8 Å². The molecule has 4 rings (SSSR count). The van der Waals surface area contributed by atoms with Crippen molar-refractivity contribution in [1.29, 1.82) is 0 Å². The van der Waals surface area contributed by atoms with Crippen LogP contribution >= 0.6 is 23.4 Å². The molecule has 2 amide bonds. The van der Waals surface area contributed by atoms with E-state index in [0.29, 0.717) is 59.1 Å². The van der Waals surface area contributed by atoms with Crippen molar-refractivity contribution in [2.75, 3.05) is 13.1 Å². The Morgan fingerprint density at radius 2 is 1.83 bits per heavy atom. The molecule has 1 aliphatic rings. The Balaban J connectivity index is 1.71. The second-order valence-corrected chi connectivity index (χ2v) is 10.4. The van der Waals surface area contributed by atoms with Gasteiger partial charge in [0.2, 0.25) is 11.8 Å². The Morgan fingerprint density at radius 3 is 2.49 bits per heavy atom. The number of hydrogen-bond donors (Lipinski definition) is 1. The molecule has 1 atom stereocenters. The number of amides is 2. The summed E-state index contributed by atoms with van der Waals surface area (Å²) >= 11 is 7.41. The highest BCUT2D eigenvalue weighted by Gasteiger charge is 2.31. The van der Waals surface area contributed by atoms with Crippen molar-refractivity contribution < 1.29 is 9.59 Å². The molecular formula is C26H29ClN4O3S. The van der Waals surface area contributed by atoms with Gasteiger partial charge in [0.25, 0.3) is 5.56 Å². The maximum atomic E-state index is 13.6. The topological polar surface area (TPSA) is 98.3 Å². The maximum absolute atomic E-state index is 13.6. The van der Waals surface area contributed by atoms with Crippen LogP contribution in [0.1, 0.15) is 39.0 Å². The van der Waals surface area contributed by atoms with Crippen LogP contribution in [0.25, 0.3) is 16.6 Å². The number of thioether (sulfide) groups is 1. The van der Waals surface area contributed by atoms with Crippen LogP contribution in [0.4, 0.5) is 0 Å². The number of rotatable bonds is 8. The zero-order valence-corrected chi connectivity index (χ0v) is 21.2. The van der Waals surface area contributed by atoms with Gasteiger partial charge in [-0.05, 0) is 55.7 Å². The maximum Gasteiger partial charge on any atom is 0.266 e. The predicted octanol–water partition coefficient (Wildman–Crippen LogP) is 4.41. The number of nitrogens with zero attached hydrogens (tertiary/aromatic N) is 3. The molecule has 1 aromatic heterocycles. The number of nitrogens with two attached hydrogens (primary N) is 1. The van der Waals surface area contributed by atoms with Gasteiger partial charge >= 0.3 is 0 Å². The molecule has 1 aliphatic heterocycles. The van der Waals surface area contributed by atoms with Gasteiger partial charge in [-0.25, -0.2) is 4.98 Å². The lowest BCUT2D eigenvalue weighted by atomic mass is 9.96. The van der Waals surface area contributed by atoms with Gasteiger partial charge in [-0.3, -0.25) is 19.0 Å². The van der Waals surface area contributed by atoms with E-state index in [2.05, 4.69) is 6.92 Å². The smallest absolute Gasteiger partial charge is 0.266 e. The van der Waals surface area contributed by atoms with Gasteiger partial charge in [0, 0.05) is 24.0 Å². The second kappa shape index (κ2) is 11.3. The number of benzene rings is 2. The van der Waals surface area contributed by atoms with E-state index in [1.54, 1.807) is 34.9 Å². The van der Waals surface area contributed by atoms with E-state index in [1.807, 2.05) is 23.1 Å². The molecule has 2 N–H and O–H groups in total. The van der Waals surface area contributed by atoms with Gasteiger partial charge < -0.3 is 10.6 Å². The van der Waals surface area contributed by atoms with Crippen molar-refractivity contribution in [3.63, 3.8) is 0 Å². The summed E-state index contributed by atoms with van der Waals surface area (Å²) in [5.74, 6) is -0.476. The normalized spacial score (nSPS) is 15.3. The van der Waals surface area contributed by atoms with Crippen molar-refractivity contribution in [1.82, 2.24) is 14.5 Å². The molecule has 7 nitrogen and oxygen atoms in total. The SMILES string of the molecule is CCCCC(Sc1nc2ccccc2c(=O)n1-c1ccc(Cl)cc1)C(=O)N1CCC(C(N)=O)CC1. The fourth-order valence-corrected chi connectivity index (χ4v) is 5.71. The molecule has 35 heavy (non-hydrogen) atoms. The van der Waals surface area contributed by atoms with Crippen LogP contribution in [0.3, 0.4) is 0 Å². The minimum atomic E-state index is -0.397. The molecule has 1 unspecified atom stereocenters. The molecule has 2 heterocycles. The molecule has 0 radical (unpaired) electrons. The molecule has 1 fully saturated rings. The minimum absolute atomic E-state index is 0.0106. The Hall–Kier alpha value is -2.84. The van der Waals surface area contributed by atoms with E-state index in [-0.39, 0.29) is 23.3 Å². The Kier molecular flexibility index (Phi) is 8.13. The van der Waals surface area contributed by atoms with Gasteiger partial charge in [0.15, 0.2) is 5.16 Å². The molecule has 184 valence electrons. The number of carbonyl (C=O) groups excluding carboxylic acids is 2. The monoisotopic (exact) mass is 512 g/mol. The number of piperidine rings is 1. The number of hydrogen-bond acceptors (Lipinski definition) is 5. The molecule has 3 aromatic rings. The number of primary amides is 1. The lowest BCUT2D eigenvalue weighted by Gasteiger charge is -2.33. The fourth-order valence-electron chi connectivity index (χ4n) is 4.35. The van der Waals surface area contributed by atoms with Crippen LogP contribution in [0.2, 0.25) is 5.02 Å². The van der Waals surface area contributed by atoms with Crippen molar-refractivity contribution in [2.24, 2.45) is 11.7 Å². The quantitative estimate of drug-likeness (QED) is 0.356. The van der Waals surface area contributed by atoms with Gasteiger partial charge in [0.1, 0.15) is 0 Å². The first-order valence-corrected chi connectivity index (χ1v) is 13.2. The van der Waals surface area contributed by atoms with Crippen molar-refractivity contribution in [2.45, 2.75) is 49.4 Å². The summed E-state index contributed by atoms with van der Waals surface area (Å²) < 4.78 is 1.56. The highest BCUT2D eigenvalue weighted by molar-refractivity contribution is 8.00. The number of halogens is 1. The van der Waals surface area contributed by atoms with Crippen LogP contribution < -0.4 is 11.3 Å². The predicted molar refractivity (Wildman–Crippen MR) is 140 cm³/mol. The summed E-state index contributed by atoms with van der Waals surface area (Å²) in [6.07, 6.45) is 3.65. The van der Waals surface area contributed by atoms with Gasteiger partial charge in [-0.1, -0.05) is 55.3 Å². The number of para-hydroxylation sites is 1. The molecule has 0 bridgehead atoms. The first kappa shape index (κ1) is 25.3. The first-order valence-electron chi connectivity index (χ1n) is 11.9. The summed E-state index contributed by atoms with van der Waals surface area (Å²) in [7, 11) is 0. The lowest BCUT2D eigenvalue weighted by molar-refractivity contribution is -0.134. The lowest BCUT2D eigenvalue weighted by Crippen LogP contribution is -2.45. The van der Waals surface area contributed by atoms with Crippen LogP contribution in [0.5, 0.6) is 0 Å². The van der Waals surface area contributed by atoms with Crippen LogP contribution in [0, 0.1) is 5.92 Å². The zero-order valence-electron chi connectivity index (χ0n) is 19.7. The van der Waals surface area contributed by atoms with Crippen molar-refractivity contribution in [3.05, 3.63) is 63.9 Å². The number of carbonyl (C=O) groups is 2. The number of unbranched alkanes of at least 4 members (excludes halogenated alkanes) is 1. The molecular weight excluding hydrogens is 484 g/mol. The number of likely N-dealkylation sites (tertiary alicyclic amines) is 1.